The third kappa shape index (κ3) is 4.75. The van der Waals surface area contributed by atoms with Crippen LogP contribution in [0.4, 0.5) is 0 Å². The van der Waals surface area contributed by atoms with Crippen molar-refractivity contribution in [3.63, 3.8) is 0 Å². The highest BCUT2D eigenvalue weighted by Crippen LogP contribution is 2.25. The molecule has 0 aromatic carbocycles. The third-order valence-corrected chi connectivity index (χ3v) is 3.77. The van der Waals surface area contributed by atoms with Gasteiger partial charge in [0.05, 0.1) is 6.61 Å². The Balaban J connectivity index is 2.18. The van der Waals surface area contributed by atoms with Crippen LogP contribution < -0.4 is 0 Å². The molecule has 0 aromatic heterocycles. The highest BCUT2D eigenvalue weighted by molar-refractivity contribution is 7.80. The Morgan fingerprint density at radius 3 is 2.53 bits per heavy atom. The molecule has 1 fully saturated rings. The molecule has 0 bridgehead atoms. The predicted octanol–water partition coefficient (Wildman–Crippen LogP) is 2.18. The van der Waals surface area contributed by atoms with E-state index in [4.69, 9.17) is 5.11 Å². The van der Waals surface area contributed by atoms with Gasteiger partial charge in [-0.05, 0) is 43.9 Å². The molecule has 1 N–H and O–H groups in total. The second-order valence-corrected chi connectivity index (χ2v) is 5.20. The summed E-state index contributed by atoms with van der Waals surface area (Å²) in [6, 6.07) is 0.764. The van der Waals surface area contributed by atoms with Gasteiger partial charge in [-0.1, -0.05) is 13.3 Å². The van der Waals surface area contributed by atoms with Crippen LogP contribution in [0.1, 0.15) is 39.0 Å². The summed E-state index contributed by atoms with van der Waals surface area (Å²) in [7, 11) is 0. The van der Waals surface area contributed by atoms with E-state index in [1.165, 1.54) is 32.1 Å². The van der Waals surface area contributed by atoms with Crippen molar-refractivity contribution in [3.05, 3.63) is 0 Å². The van der Waals surface area contributed by atoms with Gasteiger partial charge in [0.1, 0.15) is 0 Å². The molecule has 0 spiro atoms. The second-order valence-electron chi connectivity index (χ2n) is 4.75. The standard InChI is InChI=1S/C12H25NOS/c1-11(6-10-15)5-7-13(8-9-14)12-3-2-4-12/h11-12,14-15H,2-10H2,1H3. The molecule has 0 radical (unpaired) electrons. The highest BCUT2D eigenvalue weighted by Gasteiger charge is 2.24. The molecular formula is C12H25NOS. The van der Waals surface area contributed by atoms with Gasteiger partial charge in [0, 0.05) is 12.6 Å². The molecule has 0 aliphatic heterocycles. The first-order valence-corrected chi connectivity index (χ1v) is 6.87. The molecule has 1 aliphatic carbocycles. The molecular weight excluding hydrogens is 206 g/mol. The minimum atomic E-state index is 0.303. The SMILES string of the molecule is CC(CCS)CCN(CCO)C1CCC1. The smallest absolute Gasteiger partial charge is 0.0558 e. The van der Waals surface area contributed by atoms with Crippen molar-refractivity contribution >= 4 is 12.6 Å². The normalized spacial score (nSPS) is 19.2. The quantitative estimate of drug-likeness (QED) is 0.626. The van der Waals surface area contributed by atoms with E-state index in [-0.39, 0.29) is 0 Å². The zero-order valence-corrected chi connectivity index (χ0v) is 10.8. The molecule has 90 valence electrons. The van der Waals surface area contributed by atoms with Crippen LogP contribution in [0.2, 0.25) is 0 Å². The van der Waals surface area contributed by atoms with Gasteiger partial charge in [0.25, 0.3) is 0 Å². The monoisotopic (exact) mass is 231 g/mol. The summed E-state index contributed by atoms with van der Waals surface area (Å²) in [5.41, 5.74) is 0. The summed E-state index contributed by atoms with van der Waals surface area (Å²) in [6.07, 6.45) is 6.50. The van der Waals surface area contributed by atoms with Gasteiger partial charge in [-0.3, -0.25) is 4.90 Å². The summed E-state index contributed by atoms with van der Waals surface area (Å²) in [6.45, 7) is 4.62. The fourth-order valence-electron chi connectivity index (χ4n) is 2.11. The van der Waals surface area contributed by atoms with E-state index in [1.807, 2.05) is 0 Å². The maximum absolute atomic E-state index is 9.02. The molecule has 1 aliphatic rings. The Hall–Kier alpha value is 0.270. The van der Waals surface area contributed by atoms with Gasteiger partial charge in [-0.25, -0.2) is 0 Å². The summed E-state index contributed by atoms with van der Waals surface area (Å²) < 4.78 is 0. The van der Waals surface area contributed by atoms with Gasteiger partial charge in [-0.15, -0.1) is 0 Å². The van der Waals surface area contributed by atoms with Gasteiger partial charge < -0.3 is 5.11 Å². The van der Waals surface area contributed by atoms with E-state index < -0.39 is 0 Å². The molecule has 1 saturated carbocycles. The number of aliphatic hydroxyl groups is 1. The van der Waals surface area contributed by atoms with Crippen molar-refractivity contribution in [1.29, 1.82) is 0 Å². The zero-order chi connectivity index (χ0) is 11.1. The minimum absolute atomic E-state index is 0.303. The fourth-order valence-corrected chi connectivity index (χ4v) is 2.55. The van der Waals surface area contributed by atoms with Crippen LogP contribution in [0, 0.1) is 5.92 Å². The van der Waals surface area contributed by atoms with E-state index in [0.717, 1.165) is 30.8 Å². The number of rotatable bonds is 8. The molecule has 15 heavy (non-hydrogen) atoms. The summed E-state index contributed by atoms with van der Waals surface area (Å²) >= 11 is 4.26. The minimum Gasteiger partial charge on any atom is -0.395 e. The van der Waals surface area contributed by atoms with E-state index in [0.29, 0.717) is 6.61 Å². The van der Waals surface area contributed by atoms with Crippen LogP contribution >= 0.6 is 12.6 Å². The molecule has 2 nitrogen and oxygen atoms in total. The zero-order valence-electron chi connectivity index (χ0n) is 9.86. The van der Waals surface area contributed by atoms with Crippen molar-refractivity contribution in [3.8, 4) is 0 Å². The third-order valence-electron chi connectivity index (χ3n) is 3.51. The first-order valence-electron chi connectivity index (χ1n) is 6.23. The lowest BCUT2D eigenvalue weighted by molar-refractivity contribution is 0.0957. The van der Waals surface area contributed by atoms with Crippen LogP contribution in [0.15, 0.2) is 0 Å². The first-order chi connectivity index (χ1) is 7.27. The molecule has 0 aromatic rings. The molecule has 0 saturated heterocycles. The van der Waals surface area contributed by atoms with Gasteiger partial charge in [0.15, 0.2) is 0 Å². The molecule has 1 rings (SSSR count). The lowest BCUT2D eigenvalue weighted by Crippen LogP contribution is -2.42. The van der Waals surface area contributed by atoms with Crippen molar-refractivity contribution < 1.29 is 5.11 Å². The average molecular weight is 231 g/mol. The van der Waals surface area contributed by atoms with Crippen LogP contribution in [-0.4, -0.2) is 41.5 Å². The Kier molecular flexibility index (Phi) is 6.69. The molecule has 0 heterocycles. The van der Waals surface area contributed by atoms with E-state index in [9.17, 15) is 0 Å². The first kappa shape index (κ1) is 13.3. The molecule has 1 atom stereocenters. The van der Waals surface area contributed by atoms with Gasteiger partial charge in [0.2, 0.25) is 0 Å². The summed E-state index contributed by atoms with van der Waals surface area (Å²) in [4.78, 5) is 2.47. The van der Waals surface area contributed by atoms with E-state index in [2.05, 4.69) is 24.5 Å². The Labute approximate surface area is 99.5 Å². The topological polar surface area (TPSA) is 23.5 Å². The second kappa shape index (κ2) is 7.53. The molecule has 0 amide bonds. The van der Waals surface area contributed by atoms with Crippen molar-refractivity contribution in [2.45, 2.75) is 45.1 Å². The van der Waals surface area contributed by atoms with Gasteiger partial charge >= 0.3 is 0 Å². The number of thiol groups is 1. The van der Waals surface area contributed by atoms with Crippen molar-refractivity contribution in [2.75, 3.05) is 25.4 Å². The maximum atomic E-state index is 9.02. The molecule has 1 unspecified atom stereocenters. The van der Waals surface area contributed by atoms with Gasteiger partial charge in [-0.2, -0.15) is 12.6 Å². The Bertz CT molecular complexity index is 162. The maximum Gasteiger partial charge on any atom is 0.0558 e. The lowest BCUT2D eigenvalue weighted by Gasteiger charge is -2.37. The van der Waals surface area contributed by atoms with E-state index in [1.54, 1.807) is 0 Å². The Morgan fingerprint density at radius 1 is 1.33 bits per heavy atom. The molecule has 3 heteroatoms. The predicted molar refractivity (Wildman–Crippen MR) is 68.5 cm³/mol. The lowest BCUT2D eigenvalue weighted by atomic mass is 9.91. The highest BCUT2D eigenvalue weighted by atomic mass is 32.1. The number of hydrogen-bond acceptors (Lipinski definition) is 3. The number of aliphatic hydroxyl groups excluding tert-OH is 1. The van der Waals surface area contributed by atoms with Crippen molar-refractivity contribution in [1.82, 2.24) is 4.90 Å². The Morgan fingerprint density at radius 2 is 2.07 bits per heavy atom. The summed E-state index contributed by atoms with van der Waals surface area (Å²) in [5.74, 6) is 1.76. The van der Waals surface area contributed by atoms with Crippen LogP contribution in [0.5, 0.6) is 0 Å². The summed E-state index contributed by atoms with van der Waals surface area (Å²) in [5, 5.41) is 9.02. The van der Waals surface area contributed by atoms with E-state index >= 15 is 0 Å². The average Bonchev–Trinajstić information content (AvgIpc) is 2.12. The number of nitrogens with zero attached hydrogens (tertiary/aromatic N) is 1. The number of hydrogen-bond donors (Lipinski definition) is 2. The van der Waals surface area contributed by atoms with Crippen molar-refractivity contribution in [2.24, 2.45) is 5.92 Å². The van der Waals surface area contributed by atoms with Crippen LogP contribution in [0.3, 0.4) is 0 Å². The largest absolute Gasteiger partial charge is 0.395 e. The fraction of sp³-hybridized carbons (Fsp3) is 1.00. The van der Waals surface area contributed by atoms with Crippen LogP contribution in [-0.2, 0) is 0 Å². The van der Waals surface area contributed by atoms with Crippen LogP contribution in [0.25, 0.3) is 0 Å².